The molecule has 1 rings (SSSR count). The third-order valence-electron chi connectivity index (χ3n) is 3.81. The third-order valence-corrected chi connectivity index (χ3v) is 6.30. The number of ether oxygens (including phenoxy) is 3. The number of hydrogen-bond acceptors (Lipinski definition) is 7. The molecule has 0 aliphatic heterocycles. The first-order valence-corrected chi connectivity index (χ1v) is 9.19. The molecule has 7 nitrogen and oxygen atoms in total. The zero-order valence-electron chi connectivity index (χ0n) is 13.7. The van der Waals surface area contributed by atoms with Crippen molar-refractivity contribution in [1.82, 2.24) is 0 Å². The average molecular weight is 338 g/mol. The van der Waals surface area contributed by atoms with Crippen molar-refractivity contribution in [2.45, 2.75) is 51.2 Å². The van der Waals surface area contributed by atoms with Crippen LogP contribution in [0.15, 0.2) is 0 Å². The normalized spacial score (nSPS) is 27.4. The van der Waals surface area contributed by atoms with Gasteiger partial charge in [-0.05, 0) is 26.7 Å². The first-order valence-electron chi connectivity index (χ1n) is 7.58. The zero-order valence-corrected chi connectivity index (χ0v) is 14.6. The number of carbonyl (C=O) groups excluding carboxylic acids is 1. The Balaban J connectivity index is 2.94. The van der Waals surface area contributed by atoms with E-state index in [0.717, 1.165) is 0 Å². The molecule has 0 saturated heterocycles. The highest BCUT2D eigenvalue weighted by atomic mass is 31.2. The fourth-order valence-electron chi connectivity index (χ4n) is 3.00. The van der Waals surface area contributed by atoms with Gasteiger partial charge in [0, 0.05) is 26.6 Å². The van der Waals surface area contributed by atoms with E-state index in [4.69, 9.17) is 23.3 Å². The van der Waals surface area contributed by atoms with Crippen molar-refractivity contribution in [2.75, 3.05) is 27.4 Å². The number of carbonyl (C=O) groups is 1. The van der Waals surface area contributed by atoms with Crippen molar-refractivity contribution in [3.63, 3.8) is 0 Å². The van der Waals surface area contributed by atoms with Crippen LogP contribution >= 0.6 is 7.60 Å². The molecule has 1 saturated carbocycles. The van der Waals surface area contributed by atoms with Gasteiger partial charge in [-0.15, -0.1) is 0 Å². The maximum atomic E-state index is 13.0. The smallest absolute Gasteiger partial charge is 0.359 e. The highest BCUT2D eigenvalue weighted by Gasteiger charge is 2.45. The summed E-state index contributed by atoms with van der Waals surface area (Å²) in [5.74, 6) is -0.847. The quantitative estimate of drug-likeness (QED) is 0.447. The van der Waals surface area contributed by atoms with Crippen molar-refractivity contribution in [2.24, 2.45) is 5.92 Å². The minimum Gasteiger partial charge on any atom is -0.464 e. The number of methoxy groups -OCH3 is 2. The molecule has 0 radical (unpaired) electrons. The fraction of sp³-hybridized carbons (Fsp3) is 0.929. The largest absolute Gasteiger partial charge is 0.464 e. The summed E-state index contributed by atoms with van der Waals surface area (Å²) in [4.78, 5) is 10.6. The maximum absolute atomic E-state index is 13.0. The molecular weight excluding hydrogens is 311 g/mol. The summed E-state index contributed by atoms with van der Waals surface area (Å²) < 4.78 is 39.7. The molecule has 1 aliphatic rings. The Kier molecular flexibility index (Phi) is 8.57. The fourth-order valence-corrected chi connectivity index (χ4v) is 5.10. The molecule has 4 unspecified atom stereocenters. The van der Waals surface area contributed by atoms with Crippen LogP contribution in [0.3, 0.4) is 0 Å². The number of hydrogen-bond donors (Lipinski definition) is 0. The molecule has 0 bridgehead atoms. The van der Waals surface area contributed by atoms with Gasteiger partial charge in [-0.25, -0.2) is 0 Å². The summed E-state index contributed by atoms with van der Waals surface area (Å²) in [6.45, 7) is 4.50. The SMILES string of the molecule is CCOP(=O)(OCC)C(OC)C1CC(OC)CC(OC=O)C1. The molecule has 1 fully saturated rings. The highest BCUT2D eigenvalue weighted by Crippen LogP contribution is 2.57. The van der Waals surface area contributed by atoms with Crippen molar-refractivity contribution >= 4 is 14.1 Å². The van der Waals surface area contributed by atoms with Crippen molar-refractivity contribution in [1.29, 1.82) is 0 Å². The Labute approximate surface area is 132 Å². The zero-order chi connectivity index (χ0) is 16.6. The van der Waals surface area contributed by atoms with E-state index in [-0.39, 0.29) is 31.3 Å². The van der Waals surface area contributed by atoms with Crippen LogP contribution in [0.25, 0.3) is 0 Å². The minimum atomic E-state index is -3.40. The van der Waals surface area contributed by atoms with Crippen LogP contribution in [0, 0.1) is 5.92 Å². The van der Waals surface area contributed by atoms with Crippen LogP contribution in [-0.2, 0) is 32.6 Å². The lowest BCUT2D eigenvalue weighted by Crippen LogP contribution is -2.38. The molecule has 130 valence electrons. The van der Waals surface area contributed by atoms with Gasteiger partial charge in [-0.3, -0.25) is 9.36 Å². The lowest BCUT2D eigenvalue weighted by atomic mass is 9.85. The van der Waals surface area contributed by atoms with Gasteiger partial charge in [0.15, 0.2) is 5.85 Å². The molecule has 0 spiro atoms. The van der Waals surface area contributed by atoms with Crippen molar-refractivity contribution < 1.29 is 32.6 Å². The molecule has 0 aromatic heterocycles. The summed E-state index contributed by atoms with van der Waals surface area (Å²) in [6, 6.07) is 0. The van der Waals surface area contributed by atoms with Gasteiger partial charge in [0.25, 0.3) is 6.47 Å². The summed E-state index contributed by atoms with van der Waals surface area (Å²) >= 11 is 0. The van der Waals surface area contributed by atoms with E-state index >= 15 is 0 Å². The second-order valence-electron chi connectivity index (χ2n) is 5.18. The average Bonchev–Trinajstić information content (AvgIpc) is 2.48. The Morgan fingerprint density at radius 1 is 1.09 bits per heavy atom. The summed E-state index contributed by atoms with van der Waals surface area (Å²) in [5, 5.41) is 0. The maximum Gasteiger partial charge on any atom is 0.359 e. The van der Waals surface area contributed by atoms with E-state index in [2.05, 4.69) is 0 Å². The molecule has 4 atom stereocenters. The Morgan fingerprint density at radius 3 is 2.14 bits per heavy atom. The van der Waals surface area contributed by atoms with Gasteiger partial charge >= 0.3 is 7.60 Å². The second kappa shape index (κ2) is 9.63. The monoisotopic (exact) mass is 338 g/mol. The summed E-state index contributed by atoms with van der Waals surface area (Å²) in [7, 11) is -0.306. The van der Waals surface area contributed by atoms with Gasteiger partial charge in [0.05, 0.1) is 19.3 Å². The van der Waals surface area contributed by atoms with Gasteiger partial charge in [0.1, 0.15) is 6.10 Å². The number of rotatable bonds is 10. The topological polar surface area (TPSA) is 80.3 Å². The molecule has 0 heterocycles. The van der Waals surface area contributed by atoms with Gasteiger partial charge in [0.2, 0.25) is 0 Å². The Hall–Kier alpha value is -0.460. The predicted molar refractivity (Wildman–Crippen MR) is 80.7 cm³/mol. The van der Waals surface area contributed by atoms with Gasteiger partial charge in [-0.2, -0.15) is 0 Å². The van der Waals surface area contributed by atoms with Crippen molar-refractivity contribution in [3.05, 3.63) is 0 Å². The van der Waals surface area contributed by atoms with E-state index in [1.165, 1.54) is 7.11 Å². The second-order valence-corrected chi connectivity index (χ2v) is 7.29. The summed E-state index contributed by atoms with van der Waals surface area (Å²) in [6.07, 6.45) is 1.45. The Morgan fingerprint density at radius 2 is 1.68 bits per heavy atom. The van der Waals surface area contributed by atoms with E-state index in [0.29, 0.717) is 25.7 Å². The van der Waals surface area contributed by atoms with E-state index < -0.39 is 13.4 Å². The molecular formula is C14H27O7P. The first-order chi connectivity index (χ1) is 10.5. The van der Waals surface area contributed by atoms with Crippen LogP contribution in [0.1, 0.15) is 33.1 Å². The van der Waals surface area contributed by atoms with Crippen molar-refractivity contribution in [3.8, 4) is 0 Å². The van der Waals surface area contributed by atoms with Crippen LogP contribution in [0.2, 0.25) is 0 Å². The predicted octanol–water partition coefficient (Wildman–Crippen LogP) is 2.58. The van der Waals surface area contributed by atoms with E-state index in [1.54, 1.807) is 21.0 Å². The van der Waals surface area contributed by atoms with Gasteiger partial charge in [-0.1, -0.05) is 0 Å². The lowest BCUT2D eigenvalue weighted by Gasteiger charge is -2.38. The molecule has 22 heavy (non-hydrogen) atoms. The molecule has 0 aromatic rings. The standard InChI is InChI=1S/C14H27O7P/c1-5-20-22(16,21-6-2)14(18-4)11-7-12(17-3)9-13(8-11)19-10-15/h10-14H,5-9H2,1-4H3. The first kappa shape index (κ1) is 19.6. The van der Waals surface area contributed by atoms with Crippen LogP contribution in [0.5, 0.6) is 0 Å². The lowest BCUT2D eigenvalue weighted by molar-refractivity contribution is -0.139. The minimum absolute atomic E-state index is 0.0851. The molecule has 1 aliphatic carbocycles. The molecule has 0 amide bonds. The summed E-state index contributed by atoms with van der Waals surface area (Å²) in [5.41, 5.74) is 0. The highest BCUT2D eigenvalue weighted by molar-refractivity contribution is 7.54. The van der Waals surface area contributed by atoms with Crippen LogP contribution < -0.4 is 0 Å². The molecule has 0 N–H and O–H groups in total. The van der Waals surface area contributed by atoms with E-state index in [1.807, 2.05) is 0 Å². The van der Waals surface area contributed by atoms with E-state index in [9.17, 15) is 9.36 Å². The molecule has 0 aromatic carbocycles. The third kappa shape index (κ3) is 5.03. The van der Waals surface area contributed by atoms with Crippen LogP contribution in [-0.4, -0.2) is 52.0 Å². The van der Waals surface area contributed by atoms with Crippen LogP contribution in [0.4, 0.5) is 0 Å². The van der Waals surface area contributed by atoms with Gasteiger partial charge < -0.3 is 23.3 Å². The Bertz CT molecular complexity index is 366. The molecule has 8 heteroatoms.